The standard InChI is InChI=1S/C20H24N2O5/c1-4-25-16-9-11-17(12-10-16)27-15(3)20(24)22-21-19(23)13-26-18-8-6-5-7-14(18)2/h5-12,15H,4,13H2,1-3H3,(H,21,23)(H,22,24)/t15-/m0/s1. The van der Waals surface area contributed by atoms with E-state index in [2.05, 4.69) is 10.9 Å². The predicted molar refractivity (Wildman–Crippen MR) is 101 cm³/mol. The van der Waals surface area contributed by atoms with Crippen LogP contribution >= 0.6 is 0 Å². The highest BCUT2D eigenvalue weighted by Crippen LogP contribution is 2.18. The third-order valence-electron chi connectivity index (χ3n) is 3.59. The molecule has 2 rings (SSSR count). The molecule has 0 aromatic heterocycles. The van der Waals surface area contributed by atoms with Gasteiger partial charge in [0.1, 0.15) is 17.2 Å². The summed E-state index contributed by atoms with van der Waals surface area (Å²) in [5.41, 5.74) is 5.54. The molecule has 0 aliphatic heterocycles. The summed E-state index contributed by atoms with van der Waals surface area (Å²) in [5.74, 6) is 0.914. The molecule has 144 valence electrons. The number of nitrogens with one attached hydrogen (secondary N) is 2. The summed E-state index contributed by atoms with van der Waals surface area (Å²) in [6, 6.07) is 14.3. The van der Waals surface area contributed by atoms with Gasteiger partial charge in [0.05, 0.1) is 6.61 Å². The van der Waals surface area contributed by atoms with Crippen LogP contribution in [0.4, 0.5) is 0 Å². The summed E-state index contributed by atoms with van der Waals surface area (Å²) in [6.45, 7) is 5.74. The topological polar surface area (TPSA) is 85.9 Å². The first-order valence-corrected chi connectivity index (χ1v) is 8.66. The number of carbonyl (C=O) groups excluding carboxylic acids is 2. The number of aryl methyl sites for hydroxylation is 1. The Morgan fingerprint density at radius 1 is 0.963 bits per heavy atom. The molecule has 0 aliphatic rings. The largest absolute Gasteiger partial charge is 0.494 e. The molecule has 0 bridgehead atoms. The minimum Gasteiger partial charge on any atom is -0.494 e. The van der Waals surface area contributed by atoms with Crippen molar-refractivity contribution in [2.24, 2.45) is 0 Å². The van der Waals surface area contributed by atoms with E-state index in [9.17, 15) is 9.59 Å². The van der Waals surface area contributed by atoms with Crippen LogP contribution in [0, 0.1) is 6.92 Å². The second-order valence-corrected chi connectivity index (χ2v) is 5.76. The minimum absolute atomic E-state index is 0.209. The van der Waals surface area contributed by atoms with Crippen molar-refractivity contribution in [2.75, 3.05) is 13.2 Å². The van der Waals surface area contributed by atoms with Gasteiger partial charge in [-0.2, -0.15) is 0 Å². The molecule has 0 saturated heterocycles. The highest BCUT2D eigenvalue weighted by Gasteiger charge is 2.15. The number of para-hydroxylation sites is 1. The van der Waals surface area contributed by atoms with Crippen LogP contribution in [-0.4, -0.2) is 31.1 Å². The maximum absolute atomic E-state index is 12.0. The van der Waals surface area contributed by atoms with Crippen molar-refractivity contribution in [3.05, 3.63) is 54.1 Å². The minimum atomic E-state index is -0.791. The quantitative estimate of drug-likeness (QED) is 0.695. The van der Waals surface area contributed by atoms with E-state index in [4.69, 9.17) is 14.2 Å². The van der Waals surface area contributed by atoms with E-state index in [-0.39, 0.29) is 6.61 Å². The first-order chi connectivity index (χ1) is 13.0. The fourth-order valence-corrected chi connectivity index (χ4v) is 2.17. The van der Waals surface area contributed by atoms with Gasteiger partial charge < -0.3 is 14.2 Å². The molecular formula is C20H24N2O5. The van der Waals surface area contributed by atoms with Gasteiger partial charge >= 0.3 is 0 Å². The van der Waals surface area contributed by atoms with Gasteiger partial charge in [-0.25, -0.2) is 0 Å². The summed E-state index contributed by atoms with van der Waals surface area (Å²) in [6.07, 6.45) is -0.791. The van der Waals surface area contributed by atoms with E-state index in [1.54, 1.807) is 37.3 Å². The first-order valence-electron chi connectivity index (χ1n) is 8.66. The Bertz CT molecular complexity index is 761. The molecule has 0 radical (unpaired) electrons. The summed E-state index contributed by atoms with van der Waals surface area (Å²) in [4.78, 5) is 23.8. The van der Waals surface area contributed by atoms with Gasteiger partial charge in [-0.15, -0.1) is 0 Å². The Morgan fingerprint density at radius 2 is 1.63 bits per heavy atom. The highest BCUT2D eigenvalue weighted by molar-refractivity contribution is 5.85. The van der Waals surface area contributed by atoms with Crippen molar-refractivity contribution in [2.45, 2.75) is 26.9 Å². The molecule has 0 fully saturated rings. The number of hydrazine groups is 1. The predicted octanol–water partition coefficient (Wildman–Crippen LogP) is 2.39. The molecule has 1 atom stereocenters. The zero-order valence-corrected chi connectivity index (χ0v) is 15.7. The molecule has 2 aromatic carbocycles. The lowest BCUT2D eigenvalue weighted by molar-refractivity contribution is -0.133. The molecule has 0 heterocycles. The first kappa shape index (κ1) is 20.1. The number of hydrogen-bond donors (Lipinski definition) is 2. The monoisotopic (exact) mass is 372 g/mol. The van der Waals surface area contributed by atoms with Gasteiger partial charge in [-0.05, 0) is 56.7 Å². The molecule has 2 aromatic rings. The Labute approximate surface area is 158 Å². The van der Waals surface area contributed by atoms with Gasteiger partial charge in [0, 0.05) is 0 Å². The fourth-order valence-electron chi connectivity index (χ4n) is 2.17. The molecule has 7 heteroatoms. The number of amides is 2. The van der Waals surface area contributed by atoms with E-state index in [0.29, 0.717) is 18.1 Å². The van der Waals surface area contributed by atoms with Crippen molar-refractivity contribution in [1.82, 2.24) is 10.9 Å². The second kappa shape index (κ2) is 10.1. The third kappa shape index (κ3) is 6.54. The van der Waals surface area contributed by atoms with Crippen LogP contribution in [0.3, 0.4) is 0 Å². The number of ether oxygens (including phenoxy) is 3. The molecule has 27 heavy (non-hydrogen) atoms. The Hall–Kier alpha value is -3.22. The van der Waals surface area contributed by atoms with E-state index in [0.717, 1.165) is 11.3 Å². The van der Waals surface area contributed by atoms with Gasteiger partial charge in [-0.1, -0.05) is 18.2 Å². The number of hydrogen-bond acceptors (Lipinski definition) is 5. The zero-order valence-electron chi connectivity index (χ0n) is 15.7. The summed E-state index contributed by atoms with van der Waals surface area (Å²) >= 11 is 0. The molecule has 0 saturated carbocycles. The van der Waals surface area contributed by atoms with Crippen LogP contribution in [0.15, 0.2) is 48.5 Å². The van der Waals surface area contributed by atoms with Crippen LogP contribution in [-0.2, 0) is 9.59 Å². The van der Waals surface area contributed by atoms with Crippen LogP contribution in [0.5, 0.6) is 17.2 Å². The van der Waals surface area contributed by atoms with Gasteiger partial charge in [0.2, 0.25) is 0 Å². The van der Waals surface area contributed by atoms with Gasteiger partial charge in [-0.3, -0.25) is 20.4 Å². The van der Waals surface area contributed by atoms with Crippen LogP contribution in [0.2, 0.25) is 0 Å². The van der Waals surface area contributed by atoms with Crippen LogP contribution < -0.4 is 25.1 Å². The average Bonchev–Trinajstić information content (AvgIpc) is 2.67. The van der Waals surface area contributed by atoms with E-state index in [1.807, 2.05) is 32.0 Å². The van der Waals surface area contributed by atoms with Crippen molar-refractivity contribution < 1.29 is 23.8 Å². The Morgan fingerprint density at radius 3 is 2.30 bits per heavy atom. The van der Waals surface area contributed by atoms with E-state index in [1.165, 1.54) is 0 Å². The molecule has 2 N–H and O–H groups in total. The molecule has 7 nitrogen and oxygen atoms in total. The van der Waals surface area contributed by atoms with E-state index >= 15 is 0 Å². The molecule has 0 spiro atoms. The van der Waals surface area contributed by atoms with Gasteiger partial charge in [0.25, 0.3) is 11.8 Å². The summed E-state index contributed by atoms with van der Waals surface area (Å²) in [7, 11) is 0. The fraction of sp³-hybridized carbons (Fsp3) is 0.300. The maximum atomic E-state index is 12.0. The maximum Gasteiger partial charge on any atom is 0.279 e. The number of carbonyl (C=O) groups is 2. The smallest absolute Gasteiger partial charge is 0.279 e. The third-order valence-corrected chi connectivity index (χ3v) is 3.59. The summed E-state index contributed by atoms with van der Waals surface area (Å²) in [5, 5.41) is 0. The summed E-state index contributed by atoms with van der Waals surface area (Å²) < 4.78 is 16.3. The molecule has 2 amide bonds. The zero-order chi connectivity index (χ0) is 19.6. The highest BCUT2D eigenvalue weighted by atomic mass is 16.5. The van der Waals surface area contributed by atoms with Crippen LogP contribution in [0.1, 0.15) is 19.4 Å². The molecular weight excluding hydrogens is 348 g/mol. The van der Waals surface area contributed by atoms with Crippen molar-refractivity contribution in [1.29, 1.82) is 0 Å². The van der Waals surface area contributed by atoms with Crippen molar-refractivity contribution in [3.63, 3.8) is 0 Å². The van der Waals surface area contributed by atoms with E-state index < -0.39 is 17.9 Å². The van der Waals surface area contributed by atoms with Crippen LogP contribution in [0.25, 0.3) is 0 Å². The lowest BCUT2D eigenvalue weighted by Gasteiger charge is -2.15. The second-order valence-electron chi connectivity index (χ2n) is 5.76. The number of benzene rings is 2. The van der Waals surface area contributed by atoms with Crippen molar-refractivity contribution in [3.8, 4) is 17.2 Å². The lowest BCUT2D eigenvalue weighted by Crippen LogP contribution is -2.48. The van der Waals surface area contributed by atoms with Gasteiger partial charge in [0.15, 0.2) is 12.7 Å². The normalized spacial score (nSPS) is 11.2. The Kier molecular flexibility index (Phi) is 7.49. The Balaban J connectivity index is 1.73. The average molecular weight is 372 g/mol. The lowest BCUT2D eigenvalue weighted by atomic mass is 10.2. The molecule has 0 aliphatic carbocycles. The number of rotatable bonds is 8. The SMILES string of the molecule is CCOc1ccc(O[C@@H](C)C(=O)NNC(=O)COc2ccccc2C)cc1. The molecule has 0 unspecified atom stereocenters. The van der Waals surface area contributed by atoms with Crippen molar-refractivity contribution >= 4 is 11.8 Å².